The molecule has 4 aromatic carbocycles. The molecule has 208 valence electrons. The van der Waals surface area contributed by atoms with Gasteiger partial charge in [-0.25, -0.2) is 18.4 Å². The number of rotatable bonds is 7. The van der Waals surface area contributed by atoms with Crippen molar-refractivity contribution in [3.05, 3.63) is 84.4 Å². The van der Waals surface area contributed by atoms with E-state index >= 15 is 0 Å². The van der Waals surface area contributed by atoms with Crippen molar-refractivity contribution >= 4 is 68.9 Å². The number of hydrogen-bond donors (Lipinski definition) is 2. The highest BCUT2D eigenvalue weighted by Gasteiger charge is 2.21. The lowest BCUT2D eigenvalue weighted by Crippen LogP contribution is -2.12. The van der Waals surface area contributed by atoms with Crippen molar-refractivity contribution in [3.63, 3.8) is 0 Å². The zero-order chi connectivity index (χ0) is 28.9. The van der Waals surface area contributed by atoms with E-state index in [4.69, 9.17) is 9.72 Å². The van der Waals surface area contributed by atoms with Crippen molar-refractivity contribution in [1.82, 2.24) is 9.97 Å². The Balaban J connectivity index is 1.27. The second-order valence-electron chi connectivity index (χ2n) is 9.11. The first kappa shape index (κ1) is 27.3. The number of aromatic nitrogens is 2. The van der Waals surface area contributed by atoms with Crippen LogP contribution in [0.25, 0.3) is 41.6 Å². The fourth-order valence-electron chi connectivity index (χ4n) is 4.34. The predicted octanol–water partition coefficient (Wildman–Crippen LogP) is 6.60. The average molecular weight is 624 g/mol. The fraction of sp³-hybridized carbons (Fsp3) is 0.0714. The number of ether oxygens (including phenoxy) is 1. The van der Waals surface area contributed by atoms with Crippen molar-refractivity contribution in [3.8, 4) is 26.9 Å². The van der Waals surface area contributed by atoms with E-state index in [9.17, 15) is 21.4 Å². The van der Waals surface area contributed by atoms with Crippen molar-refractivity contribution in [2.24, 2.45) is 0 Å². The molecule has 0 unspecified atom stereocenters. The number of nitrogens with zero attached hydrogens (tertiary/aromatic N) is 2. The lowest BCUT2D eigenvalue weighted by atomic mass is 10.2. The molecule has 0 spiro atoms. The first-order chi connectivity index (χ1) is 19.5. The largest absolute Gasteiger partial charge is 0.497 e. The number of anilines is 1. The van der Waals surface area contributed by atoms with Gasteiger partial charge in [0.25, 0.3) is 20.1 Å². The lowest BCUT2D eigenvalue weighted by Gasteiger charge is -2.09. The van der Waals surface area contributed by atoms with Crippen LogP contribution in [0.2, 0.25) is 0 Å². The standard InChI is InChI=1S/C28H21N3O6S4/c1-16-3-13-23-25(26(16)41(34,35)36)39-28(30-23)18-6-14-22-24(15-18)38-27(29-22)17-4-7-19(8-5-17)31-40(32,33)21-11-9-20(37-2)10-12-21/h3-15,31H,1-2H3,(H,34,35,36). The summed E-state index contributed by atoms with van der Waals surface area (Å²) in [5.74, 6) is 0.567. The molecule has 0 amide bonds. The summed E-state index contributed by atoms with van der Waals surface area (Å²) in [5.41, 5.74) is 3.79. The van der Waals surface area contributed by atoms with Crippen LogP contribution in [0.3, 0.4) is 0 Å². The van der Waals surface area contributed by atoms with Gasteiger partial charge in [0.2, 0.25) is 0 Å². The highest BCUT2D eigenvalue weighted by Crippen LogP contribution is 2.38. The smallest absolute Gasteiger partial charge is 0.296 e. The van der Waals surface area contributed by atoms with Crippen LogP contribution in [-0.4, -0.2) is 38.5 Å². The molecule has 2 N–H and O–H groups in total. The van der Waals surface area contributed by atoms with Gasteiger partial charge in [-0.1, -0.05) is 6.07 Å². The third-order valence-corrected chi connectivity index (χ3v) is 11.1. The molecular formula is C28H21N3O6S4. The van der Waals surface area contributed by atoms with Gasteiger partial charge in [0.1, 0.15) is 20.7 Å². The highest BCUT2D eigenvalue weighted by atomic mass is 32.2. The number of nitrogens with one attached hydrogen (secondary N) is 1. The van der Waals surface area contributed by atoms with E-state index < -0.39 is 20.1 Å². The van der Waals surface area contributed by atoms with Gasteiger partial charge in [0, 0.05) is 16.8 Å². The SMILES string of the molecule is COc1ccc(S(=O)(=O)Nc2ccc(-c3nc4ccc(-c5nc6ccc(C)c(S(=O)(=O)O)c6s5)cc4s3)cc2)cc1. The van der Waals surface area contributed by atoms with Crippen molar-refractivity contribution in [2.45, 2.75) is 16.7 Å². The lowest BCUT2D eigenvalue weighted by molar-refractivity contribution is 0.414. The number of aryl methyl sites for hydroxylation is 1. The normalized spacial score (nSPS) is 12.2. The third-order valence-electron chi connectivity index (χ3n) is 6.36. The van der Waals surface area contributed by atoms with Gasteiger partial charge in [-0.05, 0) is 85.3 Å². The molecule has 2 aromatic heterocycles. The summed E-state index contributed by atoms with van der Waals surface area (Å²) in [6.45, 7) is 1.63. The molecule has 2 heterocycles. The molecule has 0 bridgehead atoms. The summed E-state index contributed by atoms with van der Waals surface area (Å²) in [6, 6.07) is 22.2. The number of methoxy groups -OCH3 is 1. The molecule has 13 heteroatoms. The van der Waals surface area contributed by atoms with Gasteiger partial charge in [0.15, 0.2) is 0 Å². The zero-order valence-corrected chi connectivity index (χ0v) is 24.8. The number of fused-ring (bicyclic) bond motifs is 2. The molecule has 41 heavy (non-hydrogen) atoms. The first-order valence-electron chi connectivity index (χ1n) is 12.1. The van der Waals surface area contributed by atoms with Gasteiger partial charge in [-0.15, -0.1) is 22.7 Å². The Bertz CT molecular complexity index is 2150. The van der Waals surface area contributed by atoms with E-state index in [0.29, 0.717) is 32.2 Å². The Kier molecular flexibility index (Phi) is 6.78. The van der Waals surface area contributed by atoms with Gasteiger partial charge >= 0.3 is 0 Å². The zero-order valence-electron chi connectivity index (χ0n) is 21.5. The minimum Gasteiger partial charge on any atom is -0.497 e. The molecule has 0 aliphatic carbocycles. The van der Waals surface area contributed by atoms with Gasteiger partial charge in [-0.3, -0.25) is 9.27 Å². The second-order valence-corrected chi connectivity index (χ2v) is 14.2. The molecule has 0 saturated heterocycles. The monoisotopic (exact) mass is 623 g/mol. The Morgan fingerprint density at radius 3 is 2.10 bits per heavy atom. The first-order valence-corrected chi connectivity index (χ1v) is 16.6. The van der Waals surface area contributed by atoms with Gasteiger partial charge < -0.3 is 4.74 Å². The van der Waals surface area contributed by atoms with Crippen LogP contribution >= 0.6 is 22.7 Å². The van der Waals surface area contributed by atoms with E-state index in [1.807, 2.05) is 18.2 Å². The van der Waals surface area contributed by atoms with Crippen LogP contribution in [0.15, 0.2) is 88.7 Å². The average Bonchev–Trinajstić information content (AvgIpc) is 3.56. The summed E-state index contributed by atoms with van der Waals surface area (Å²) in [4.78, 5) is 9.34. The van der Waals surface area contributed by atoms with Crippen molar-refractivity contribution in [1.29, 1.82) is 0 Å². The molecule has 0 aliphatic heterocycles. The molecule has 6 rings (SSSR count). The van der Waals surface area contributed by atoms with E-state index in [1.54, 1.807) is 55.5 Å². The number of thiazole rings is 2. The Hall–Kier alpha value is -3.88. The quantitative estimate of drug-likeness (QED) is 0.190. The summed E-state index contributed by atoms with van der Waals surface area (Å²) in [5, 5.41) is 1.39. The molecule has 6 aromatic rings. The maximum Gasteiger partial charge on any atom is 0.296 e. The summed E-state index contributed by atoms with van der Waals surface area (Å²) < 4.78 is 68.2. The highest BCUT2D eigenvalue weighted by molar-refractivity contribution is 7.92. The van der Waals surface area contributed by atoms with Crippen LogP contribution < -0.4 is 9.46 Å². The molecule has 0 radical (unpaired) electrons. The van der Waals surface area contributed by atoms with Crippen LogP contribution in [0.5, 0.6) is 5.75 Å². The van der Waals surface area contributed by atoms with Crippen LogP contribution in [0, 0.1) is 6.92 Å². The maximum atomic E-state index is 12.8. The van der Waals surface area contributed by atoms with E-state index in [1.165, 1.54) is 41.9 Å². The van der Waals surface area contributed by atoms with E-state index in [2.05, 4.69) is 9.71 Å². The van der Waals surface area contributed by atoms with Gasteiger partial charge in [0.05, 0.1) is 32.4 Å². The topological polar surface area (TPSA) is 136 Å². The summed E-state index contributed by atoms with van der Waals surface area (Å²) in [6.07, 6.45) is 0. The van der Waals surface area contributed by atoms with Crippen LogP contribution in [-0.2, 0) is 20.1 Å². The van der Waals surface area contributed by atoms with Crippen LogP contribution in [0.4, 0.5) is 5.69 Å². The number of sulfonamides is 1. The molecular weight excluding hydrogens is 603 g/mol. The van der Waals surface area contributed by atoms with Crippen LogP contribution in [0.1, 0.15) is 5.56 Å². The van der Waals surface area contributed by atoms with Crippen molar-refractivity contribution < 1.29 is 26.1 Å². The Morgan fingerprint density at radius 2 is 1.41 bits per heavy atom. The van der Waals surface area contributed by atoms with E-state index in [0.717, 1.165) is 26.4 Å². The maximum absolute atomic E-state index is 12.8. The van der Waals surface area contributed by atoms with Gasteiger partial charge in [-0.2, -0.15) is 8.42 Å². The van der Waals surface area contributed by atoms with E-state index in [-0.39, 0.29) is 9.79 Å². The fourth-order valence-corrected chi connectivity index (χ4v) is 8.72. The minimum absolute atomic E-state index is 0.116. The molecule has 0 saturated carbocycles. The second kappa shape index (κ2) is 10.2. The summed E-state index contributed by atoms with van der Waals surface area (Å²) >= 11 is 2.68. The Labute approximate surface area is 243 Å². The molecule has 9 nitrogen and oxygen atoms in total. The predicted molar refractivity (Wildman–Crippen MR) is 162 cm³/mol. The number of benzene rings is 4. The third kappa shape index (κ3) is 5.29. The molecule has 0 atom stereocenters. The number of hydrogen-bond acceptors (Lipinski definition) is 9. The van der Waals surface area contributed by atoms with Crippen molar-refractivity contribution in [2.75, 3.05) is 11.8 Å². The molecule has 0 fully saturated rings. The Morgan fingerprint density at radius 1 is 0.780 bits per heavy atom. The minimum atomic E-state index is -4.40. The summed E-state index contributed by atoms with van der Waals surface area (Å²) in [7, 11) is -6.65. The molecule has 0 aliphatic rings.